The van der Waals surface area contributed by atoms with Gasteiger partial charge < -0.3 is 9.72 Å². The molecule has 3 rings (SSSR count). The van der Waals surface area contributed by atoms with Crippen LogP contribution in [0, 0.1) is 32.0 Å². The van der Waals surface area contributed by atoms with E-state index < -0.39 is 22.5 Å². The molecule has 0 saturated carbocycles. The third-order valence-corrected chi connectivity index (χ3v) is 4.76. The highest BCUT2D eigenvalue weighted by Crippen LogP contribution is 2.37. The van der Waals surface area contributed by atoms with E-state index in [1.54, 1.807) is 26.0 Å². The van der Waals surface area contributed by atoms with Gasteiger partial charge in [0.05, 0.1) is 18.4 Å². The smallest absolute Gasteiger partial charge is 0.297 e. The number of aryl methyl sites for hydroxylation is 2. The van der Waals surface area contributed by atoms with Crippen LogP contribution in [0.15, 0.2) is 40.2 Å². The van der Waals surface area contributed by atoms with Crippen LogP contribution in [0.1, 0.15) is 35.0 Å². The molecule has 0 aliphatic rings. The third-order valence-electron chi connectivity index (χ3n) is 4.49. The first-order valence-electron chi connectivity index (χ1n) is 9.22. The molecule has 160 valence electrons. The number of terminal acetylenes is 1. The van der Waals surface area contributed by atoms with Crippen molar-refractivity contribution in [1.29, 1.82) is 0 Å². The molecular weight excluding hydrogens is 423 g/mol. The summed E-state index contributed by atoms with van der Waals surface area (Å²) in [7, 11) is 1.92. The Morgan fingerprint density at radius 3 is 2.65 bits per heavy atom. The Hall–Kier alpha value is -3.30. The average Bonchev–Trinajstić information content (AvgIpc) is 2.68. The van der Waals surface area contributed by atoms with E-state index in [1.165, 1.54) is 19.1 Å². The maximum Gasteiger partial charge on any atom is 0.297 e. The van der Waals surface area contributed by atoms with E-state index in [-0.39, 0.29) is 29.1 Å². The van der Waals surface area contributed by atoms with Crippen molar-refractivity contribution in [2.24, 2.45) is 0 Å². The average molecular weight is 443 g/mol. The van der Waals surface area contributed by atoms with Crippen molar-refractivity contribution in [3.05, 3.63) is 85.2 Å². The predicted molar refractivity (Wildman–Crippen MR) is 117 cm³/mol. The van der Waals surface area contributed by atoms with Crippen molar-refractivity contribution in [2.45, 2.75) is 32.7 Å². The van der Waals surface area contributed by atoms with Crippen LogP contribution >= 0.6 is 9.24 Å². The number of halogens is 2. The molecule has 9 heteroatoms. The van der Waals surface area contributed by atoms with Crippen molar-refractivity contribution in [1.82, 2.24) is 14.5 Å². The van der Waals surface area contributed by atoms with Gasteiger partial charge in [-0.25, -0.2) is 13.8 Å². The Morgan fingerprint density at radius 1 is 1.32 bits per heavy atom. The number of ether oxygens (including phenoxy) is 1. The zero-order valence-corrected chi connectivity index (χ0v) is 18.3. The molecule has 0 bridgehead atoms. The van der Waals surface area contributed by atoms with Crippen molar-refractivity contribution in [3.63, 3.8) is 0 Å². The second kappa shape index (κ2) is 8.44. The summed E-state index contributed by atoms with van der Waals surface area (Å²) in [4.78, 5) is 31.9. The van der Waals surface area contributed by atoms with Gasteiger partial charge in [0.2, 0.25) is 5.75 Å². The molecule has 0 amide bonds. The summed E-state index contributed by atoms with van der Waals surface area (Å²) in [5.74, 6) is 0.526. The second-order valence-corrected chi connectivity index (χ2v) is 8.38. The quantitative estimate of drug-likeness (QED) is 0.484. The molecule has 2 heterocycles. The number of alkyl halides is 1. The first-order valence-corrected chi connectivity index (χ1v) is 9.80. The highest BCUT2D eigenvalue weighted by Gasteiger charge is 2.30. The summed E-state index contributed by atoms with van der Waals surface area (Å²) in [6.45, 7) is 4.43. The molecule has 2 atom stereocenters. The van der Waals surface area contributed by atoms with E-state index >= 15 is 0 Å². The third kappa shape index (κ3) is 4.73. The first kappa shape index (κ1) is 22.4. The molecule has 6 nitrogen and oxygen atoms in total. The van der Waals surface area contributed by atoms with Gasteiger partial charge in [0.15, 0.2) is 17.0 Å². The molecule has 1 aromatic carbocycles. The van der Waals surface area contributed by atoms with E-state index in [0.29, 0.717) is 16.8 Å². The van der Waals surface area contributed by atoms with E-state index in [0.717, 1.165) is 10.9 Å². The number of nitrogens with one attached hydrogen (secondary N) is 1. The lowest BCUT2D eigenvalue weighted by Gasteiger charge is -2.19. The number of benzene rings is 1. The van der Waals surface area contributed by atoms with Gasteiger partial charge in [0.1, 0.15) is 5.69 Å². The lowest BCUT2D eigenvalue weighted by atomic mass is 10.1. The van der Waals surface area contributed by atoms with Crippen molar-refractivity contribution in [3.8, 4) is 23.8 Å². The van der Waals surface area contributed by atoms with Crippen LogP contribution in [-0.2, 0) is 12.0 Å². The minimum atomic E-state index is -2.13. The van der Waals surface area contributed by atoms with Crippen LogP contribution in [-0.4, -0.2) is 14.5 Å². The van der Waals surface area contributed by atoms with Crippen LogP contribution in [0.4, 0.5) is 8.78 Å². The second-order valence-electron chi connectivity index (χ2n) is 7.30. The van der Waals surface area contributed by atoms with Crippen molar-refractivity contribution in [2.75, 3.05) is 0 Å². The molecule has 31 heavy (non-hydrogen) atoms. The number of nitrogens with zero attached hydrogens (tertiary/aromatic N) is 2. The lowest BCUT2D eigenvalue weighted by Crippen LogP contribution is -2.28. The van der Waals surface area contributed by atoms with Crippen LogP contribution in [0.5, 0.6) is 11.5 Å². The summed E-state index contributed by atoms with van der Waals surface area (Å²) < 4.78 is 36.1. The SMILES string of the molecule is C#Cc1cc(C)cc(Oc2c(C(C)(F)P)ncn(Cc3ccc(C)[nH]c3=O)c2=O)c1F. The Labute approximate surface area is 179 Å². The molecule has 1 N–H and O–H groups in total. The summed E-state index contributed by atoms with van der Waals surface area (Å²) in [5, 5.41) is -2.13. The number of H-pyrrole nitrogens is 1. The minimum absolute atomic E-state index is 0.0548. The van der Waals surface area contributed by atoms with Gasteiger partial charge in [0.25, 0.3) is 11.1 Å². The fourth-order valence-electron chi connectivity index (χ4n) is 2.96. The highest BCUT2D eigenvalue weighted by atomic mass is 31.0. The summed E-state index contributed by atoms with van der Waals surface area (Å²) >= 11 is 0. The van der Waals surface area contributed by atoms with Crippen molar-refractivity contribution >= 4 is 9.24 Å². The number of hydrogen-bond donors (Lipinski definition) is 1. The first-order chi connectivity index (χ1) is 14.5. The zero-order valence-electron chi connectivity index (χ0n) is 17.1. The molecular formula is C22H20F2N3O3P. The van der Waals surface area contributed by atoms with Crippen LogP contribution in [0.2, 0.25) is 0 Å². The molecule has 0 saturated heterocycles. The summed E-state index contributed by atoms with van der Waals surface area (Å²) in [6, 6.07) is 6.05. The number of pyridine rings is 1. The van der Waals surface area contributed by atoms with Gasteiger partial charge in [-0.05, 0) is 50.6 Å². The molecule has 0 fully saturated rings. The van der Waals surface area contributed by atoms with Crippen LogP contribution in [0.25, 0.3) is 0 Å². The highest BCUT2D eigenvalue weighted by molar-refractivity contribution is 7.18. The van der Waals surface area contributed by atoms with E-state index in [4.69, 9.17) is 11.2 Å². The Bertz CT molecular complexity index is 1320. The standard InChI is InChI=1S/C22H20F2N3O3P/c1-5-14-8-12(2)9-16(17(14)23)30-18-19(22(4,24)31)25-11-27(21(18)29)10-15-7-6-13(3)26-20(15)28/h1,6-9,11H,10,31H2,2-4H3,(H,26,28). The van der Waals surface area contributed by atoms with E-state index in [1.807, 2.05) is 9.24 Å². The van der Waals surface area contributed by atoms with Gasteiger partial charge in [-0.3, -0.25) is 14.2 Å². The number of hydrogen-bond acceptors (Lipinski definition) is 4. The van der Waals surface area contributed by atoms with Gasteiger partial charge in [0, 0.05) is 11.3 Å². The molecule has 3 aromatic rings. The molecule has 0 aliphatic carbocycles. The van der Waals surface area contributed by atoms with Gasteiger partial charge in [-0.15, -0.1) is 6.42 Å². The lowest BCUT2D eigenvalue weighted by molar-refractivity contribution is 0.299. The number of aromatic amines is 1. The Balaban J connectivity index is 2.15. The van der Waals surface area contributed by atoms with E-state index in [9.17, 15) is 18.4 Å². The minimum Gasteiger partial charge on any atom is -0.446 e. The normalized spacial score (nSPS) is 12.8. The fourth-order valence-corrected chi connectivity index (χ4v) is 3.16. The molecule has 0 spiro atoms. The zero-order chi connectivity index (χ0) is 22.9. The monoisotopic (exact) mass is 443 g/mol. The van der Waals surface area contributed by atoms with Gasteiger partial charge in [-0.2, -0.15) is 0 Å². The Kier molecular flexibility index (Phi) is 6.10. The molecule has 2 aromatic heterocycles. The summed E-state index contributed by atoms with van der Waals surface area (Å²) in [5.41, 5.74) is 0.00547. The van der Waals surface area contributed by atoms with Gasteiger partial charge in [-0.1, -0.05) is 15.2 Å². The number of rotatable bonds is 5. The van der Waals surface area contributed by atoms with Crippen LogP contribution < -0.4 is 15.9 Å². The maximum atomic E-state index is 14.7. The number of aromatic nitrogens is 3. The fraction of sp³-hybridized carbons (Fsp3) is 0.227. The molecule has 0 radical (unpaired) electrons. The summed E-state index contributed by atoms with van der Waals surface area (Å²) in [6.07, 6.45) is 6.44. The maximum absolute atomic E-state index is 14.7. The topological polar surface area (TPSA) is 77.0 Å². The van der Waals surface area contributed by atoms with E-state index in [2.05, 4.69) is 15.9 Å². The van der Waals surface area contributed by atoms with Gasteiger partial charge >= 0.3 is 0 Å². The van der Waals surface area contributed by atoms with Crippen LogP contribution in [0.3, 0.4) is 0 Å². The van der Waals surface area contributed by atoms with Crippen molar-refractivity contribution < 1.29 is 13.5 Å². The Morgan fingerprint density at radius 2 is 2.03 bits per heavy atom. The predicted octanol–water partition coefficient (Wildman–Crippen LogP) is 3.53. The largest absolute Gasteiger partial charge is 0.446 e. The molecule has 2 unspecified atom stereocenters. The molecule has 0 aliphatic heterocycles.